The third-order valence-corrected chi connectivity index (χ3v) is 4.81. The van der Waals surface area contributed by atoms with Gasteiger partial charge in [0.1, 0.15) is 6.54 Å². The first-order valence-electron chi connectivity index (χ1n) is 7.25. The van der Waals surface area contributed by atoms with Crippen LogP contribution in [-0.2, 0) is 14.8 Å². The zero-order valence-electron chi connectivity index (χ0n) is 13.7. The average molecular weight is 381 g/mol. The molecule has 1 amide bonds. The highest BCUT2D eigenvalue weighted by Gasteiger charge is 2.22. The van der Waals surface area contributed by atoms with Crippen molar-refractivity contribution in [3.63, 3.8) is 0 Å². The van der Waals surface area contributed by atoms with E-state index in [1.54, 1.807) is 49.5 Å². The highest BCUT2D eigenvalue weighted by molar-refractivity contribution is 7.92. The fourth-order valence-corrected chi connectivity index (χ4v) is 3.11. The summed E-state index contributed by atoms with van der Waals surface area (Å²) < 4.78 is 25.1. The Bertz CT molecular complexity index is 886. The fourth-order valence-electron chi connectivity index (χ4n) is 2.04. The first-order valence-corrected chi connectivity index (χ1v) is 9.47. The Morgan fingerprint density at radius 1 is 1.32 bits per heavy atom. The number of hydrogen-bond acceptors (Lipinski definition) is 5. The second-order valence-corrected chi connectivity index (χ2v) is 7.52. The van der Waals surface area contributed by atoms with Crippen LogP contribution in [0.1, 0.15) is 11.3 Å². The standard InChI is InChI=1S/C16H17ClN4O3S/c1-12-14(17)7-5-8-15(12)21(25(2,23)24)11-16(22)20-19-10-13-6-3-4-9-18-13/h3-10H,11H2,1-2H3,(H,20,22)/b19-10-. The van der Waals surface area contributed by atoms with Crippen LogP contribution in [0.4, 0.5) is 5.69 Å². The second-order valence-electron chi connectivity index (χ2n) is 5.20. The number of hydrazone groups is 1. The number of sulfonamides is 1. The summed E-state index contributed by atoms with van der Waals surface area (Å²) in [7, 11) is -3.68. The maximum Gasteiger partial charge on any atom is 0.260 e. The van der Waals surface area contributed by atoms with Crippen molar-refractivity contribution >= 4 is 39.4 Å². The van der Waals surface area contributed by atoms with E-state index in [2.05, 4.69) is 15.5 Å². The summed E-state index contributed by atoms with van der Waals surface area (Å²) in [6.45, 7) is 1.27. The minimum Gasteiger partial charge on any atom is -0.271 e. The molecule has 0 aliphatic rings. The Kier molecular flexibility index (Phi) is 6.11. The highest BCUT2D eigenvalue weighted by atomic mass is 35.5. The van der Waals surface area contributed by atoms with E-state index >= 15 is 0 Å². The van der Waals surface area contributed by atoms with Crippen LogP contribution in [0.25, 0.3) is 0 Å². The van der Waals surface area contributed by atoms with E-state index in [0.29, 0.717) is 22.0 Å². The molecule has 1 N–H and O–H groups in total. The first kappa shape index (κ1) is 18.9. The summed E-state index contributed by atoms with van der Waals surface area (Å²) in [5, 5.41) is 4.19. The summed E-state index contributed by atoms with van der Waals surface area (Å²) in [6, 6.07) is 10.1. The maximum absolute atomic E-state index is 12.1. The molecule has 0 fully saturated rings. The van der Waals surface area contributed by atoms with Crippen LogP contribution in [0.3, 0.4) is 0 Å². The van der Waals surface area contributed by atoms with Gasteiger partial charge in [-0.3, -0.25) is 14.1 Å². The van der Waals surface area contributed by atoms with Gasteiger partial charge in [-0.05, 0) is 36.8 Å². The summed E-state index contributed by atoms with van der Waals surface area (Å²) in [4.78, 5) is 16.1. The molecular weight excluding hydrogens is 364 g/mol. The molecule has 0 saturated heterocycles. The number of carbonyl (C=O) groups excluding carboxylic acids is 1. The zero-order valence-corrected chi connectivity index (χ0v) is 15.3. The third kappa shape index (κ3) is 5.27. The molecule has 0 aliphatic carbocycles. The number of rotatable bonds is 6. The van der Waals surface area contributed by atoms with Crippen molar-refractivity contribution in [1.29, 1.82) is 0 Å². The summed E-state index contributed by atoms with van der Waals surface area (Å²) in [5.41, 5.74) is 3.77. The smallest absolute Gasteiger partial charge is 0.260 e. The number of nitrogens with zero attached hydrogens (tertiary/aromatic N) is 3. The molecule has 0 atom stereocenters. The Morgan fingerprint density at radius 2 is 2.08 bits per heavy atom. The van der Waals surface area contributed by atoms with Crippen molar-refractivity contribution in [3.05, 3.63) is 58.9 Å². The van der Waals surface area contributed by atoms with Crippen LogP contribution in [-0.4, -0.2) is 38.3 Å². The van der Waals surface area contributed by atoms with E-state index in [0.717, 1.165) is 10.6 Å². The Balaban J connectivity index is 2.14. The van der Waals surface area contributed by atoms with Crippen molar-refractivity contribution in [3.8, 4) is 0 Å². The molecule has 7 nitrogen and oxygen atoms in total. The molecule has 9 heteroatoms. The molecule has 0 saturated carbocycles. The quantitative estimate of drug-likeness (QED) is 0.612. The van der Waals surface area contributed by atoms with Gasteiger partial charge in [0.05, 0.1) is 23.9 Å². The number of aromatic nitrogens is 1. The predicted molar refractivity (Wildman–Crippen MR) is 98.4 cm³/mol. The van der Waals surface area contributed by atoms with Gasteiger partial charge in [0.25, 0.3) is 5.91 Å². The molecule has 0 bridgehead atoms. The van der Waals surface area contributed by atoms with Crippen molar-refractivity contribution in [2.45, 2.75) is 6.92 Å². The van der Waals surface area contributed by atoms with Gasteiger partial charge in [0, 0.05) is 11.2 Å². The van der Waals surface area contributed by atoms with E-state index in [-0.39, 0.29) is 0 Å². The van der Waals surface area contributed by atoms with Crippen LogP contribution >= 0.6 is 11.6 Å². The topological polar surface area (TPSA) is 91.7 Å². The van der Waals surface area contributed by atoms with Crippen LogP contribution in [0.5, 0.6) is 0 Å². The van der Waals surface area contributed by atoms with E-state index in [4.69, 9.17) is 11.6 Å². The van der Waals surface area contributed by atoms with Crippen molar-refractivity contribution in [1.82, 2.24) is 10.4 Å². The minimum atomic E-state index is -3.68. The normalized spacial score (nSPS) is 11.5. The maximum atomic E-state index is 12.1. The van der Waals surface area contributed by atoms with Gasteiger partial charge in [0.2, 0.25) is 10.0 Å². The van der Waals surface area contributed by atoms with E-state index in [9.17, 15) is 13.2 Å². The largest absolute Gasteiger partial charge is 0.271 e. The molecule has 2 aromatic rings. The number of anilines is 1. The van der Waals surface area contributed by atoms with Gasteiger partial charge in [-0.25, -0.2) is 13.8 Å². The second kappa shape index (κ2) is 8.09. The average Bonchev–Trinajstić information content (AvgIpc) is 2.55. The van der Waals surface area contributed by atoms with Crippen molar-refractivity contribution in [2.75, 3.05) is 17.1 Å². The van der Waals surface area contributed by atoms with Crippen LogP contribution in [0, 0.1) is 6.92 Å². The summed E-state index contributed by atoms with van der Waals surface area (Å²) in [6.07, 6.45) is 3.99. The van der Waals surface area contributed by atoms with E-state index < -0.39 is 22.5 Å². The lowest BCUT2D eigenvalue weighted by Crippen LogP contribution is -2.39. The molecule has 25 heavy (non-hydrogen) atoms. The minimum absolute atomic E-state index is 0.346. The molecule has 0 radical (unpaired) electrons. The molecule has 0 aliphatic heterocycles. The van der Waals surface area contributed by atoms with Crippen LogP contribution < -0.4 is 9.73 Å². The van der Waals surface area contributed by atoms with Gasteiger partial charge in [-0.15, -0.1) is 0 Å². The lowest BCUT2D eigenvalue weighted by Gasteiger charge is -2.23. The first-order chi connectivity index (χ1) is 11.8. The number of amides is 1. The van der Waals surface area contributed by atoms with Gasteiger partial charge >= 0.3 is 0 Å². The predicted octanol–water partition coefficient (Wildman–Crippen LogP) is 1.96. The number of benzene rings is 1. The van der Waals surface area contributed by atoms with E-state index in [1.165, 1.54) is 6.21 Å². The fraction of sp³-hybridized carbons (Fsp3) is 0.188. The Morgan fingerprint density at radius 3 is 2.72 bits per heavy atom. The van der Waals surface area contributed by atoms with Crippen molar-refractivity contribution < 1.29 is 13.2 Å². The zero-order chi connectivity index (χ0) is 18.4. The van der Waals surface area contributed by atoms with Crippen LogP contribution in [0.2, 0.25) is 5.02 Å². The number of hydrogen-bond donors (Lipinski definition) is 1. The summed E-state index contributed by atoms with van der Waals surface area (Å²) in [5.74, 6) is -0.586. The molecule has 1 heterocycles. The molecule has 2 rings (SSSR count). The Hall–Kier alpha value is -2.45. The number of nitrogens with one attached hydrogen (secondary N) is 1. The van der Waals surface area contributed by atoms with E-state index in [1.807, 2.05) is 0 Å². The SMILES string of the molecule is Cc1c(Cl)cccc1N(CC(=O)N/N=C\c1ccccn1)S(C)(=O)=O. The molecule has 132 valence electrons. The van der Waals surface area contributed by atoms with Gasteiger partial charge < -0.3 is 0 Å². The Labute approximate surface area is 151 Å². The van der Waals surface area contributed by atoms with Crippen LogP contribution in [0.15, 0.2) is 47.7 Å². The van der Waals surface area contributed by atoms with Gasteiger partial charge in [-0.2, -0.15) is 5.10 Å². The highest BCUT2D eigenvalue weighted by Crippen LogP contribution is 2.27. The van der Waals surface area contributed by atoms with Gasteiger partial charge in [-0.1, -0.05) is 23.7 Å². The number of halogens is 1. The molecule has 0 unspecified atom stereocenters. The van der Waals surface area contributed by atoms with Crippen molar-refractivity contribution in [2.24, 2.45) is 5.10 Å². The van der Waals surface area contributed by atoms with Gasteiger partial charge in [0.15, 0.2) is 0 Å². The number of carbonyl (C=O) groups is 1. The summed E-state index contributed by atoms with van der Waals surface area (Å²) >= 11 is 6.04. The third-order valence-electron chi connectivity index (χ3n) is 3.27. The molecule has 0 spiro atoms. The molecule has 1 aromatic heterocycles. The number of pyridine rings is 1. The monoisotopic (exact) mass is 380 g/mol. The molecular formula is C16H17ClN4O3S. The lowest BCUT2D eigenvalue weighted by molar-refractivity contribution is -0.119. The lowest BCUT2D eigenvalue weighted by atomic mass is 10.2. The molecule has 1 aromatic carbocycles.